The summed E-state index contributed by atoms with van der Waals surface area (Å²) in [4.78, 5) is 27.4. The van der Waals surface area contributed by atoms with E-state index in [1.807, 2.05) is 30.3 Å². The molecule has 2 atom stereocenters. The first kappa shape index (κ1) is 21.2. The number of fused-ring (bicyclic) bond motifs is 2. The third-order valence-electron chi connectivity index (χ3n) is 5.79. The van der Waals surface area contributed by atoms with Gasteiger partial charge >= 0.3 is 6.09 Å². The van der Waals surface area contributed by atoms with Crippen molar-refractivity contribution in [3.63, 3.8) is 0 Å². The van der Waals surface area contributed by atoms with Crippen LogP contribution < -0.4 is 4.74 Å². The van der Waals surface area contributed by atoms with Crippen molar-refractivity contribution in [2.45, 2.75) is 31.5 Å². The number of carbonyl (C=O) groups excluding carboxylic acids is 2. The van der Waals surface area contributed by atoms with E-state index in [0.717, 1.165) is 24.8 Å². The molecule has 2 aromatic carbocycles. The number of ether oxygens (including phenoxy) is 3. The summed E-state index contributed by atoms with van der Waals surface area (Å²) in [6, 6.07) is 10.7. The Bertz CT molecular complexity index is 931. The molecule has 0 saturated carbocycles. The summed E-state index contributed by atoms with van der Waals surface area (Å²) in [7, 11) is 1.16. The lowest BCUT2D eigenvalue weighted by atomic mass is 9.81. The van der Waals surface area contributed by atoms with Gasteiger partial charge in [0.15, 0.2) is 23.2 Å². The molecule has 2 bridgehead atoms. The van der Waals surface area contributed by atoms with Crippen LogP contribution in [0.1, 0.15) is 28.8 Å². The quantitative estimate of drug-likeness (QED) is 0.671. The van der Waals surface area contributed by atoms with Crippen molar-refractivity contribution in [1.29, 1.82) is 0 Å². The van der Waals surface area contributed by atoms with Crippen molar-refractivity contribution in [3.05, 3.63) is 65.2 Å². The van der Waals surface area contributed by atoms with Gasteiger partial charge < -0.3 is 14.2 Å². The van der Waals surface area contributed by atoms with Crippen LogP contribution in [0.25, 0.3) is 0 Å². The van der Waals surface area contributed by atoms with Crippen molar-refractivity contribution in [2.24, 2.45) is 5.92 Å². The SMILES string of the molecule is COc1c(F)cc(C(=O)C2CC3COCC(C2)N3C(=O)OCc2ccccc2)cc1F. The Kier molecular flexibility index (Phi) is 6.18. The molecule has 4 rings (SSSR count). The molecule has 0 N–H and O–H groups in total. The lowest BCUT2D eigenvalue weighted by Gasteiger charge is -2.47. The van der Waals surface area contributed by atoms with Gasteiger partial charge in [0.1, 0.15) is 6.61 Å². The van der Waals surface area contributed by atoms with Crippen LogP contribution in [0.3, 0.4) is 0 Å². The number of rotatable bonds is 5. The standard InChI is InChI=1S/C23H23F2NO5/c1-29-22-19(24)9-16(10-20(22)25)21(27)15-7-17-12-30-13-18(8-15)26(17)23(28)31-11-14-5-3-2-4-6-14/h2-6,9-10,15,17-18H,7-8,11-13H2,1H3. The van der Waals surface area contributed by atoms with Crippen LogP contribution in [0.5, 0.6) is 5.75 Å². The molecule has 2 fully saturated rings. The zero-order valence-electron chi connectivity index (χ0n) is 17.1. The summed E-state index contributed by atoms with van der Waals surface area (Å²) in [5.41, 5.74) is 0.839. The van der Waals surface area contributed by atoms with Gasteiger partial charge in [-0.05, 0) is 30.5 Å². The van der Waals surface area contributed by atoms with E-state index in [2.05, 4.69) is 4.74 Å². The minimum absolute atomic E-state index is 0.0418. The number of benzene rings is 2. The van der Waals surface area contributed by atoms with Crippen LogP contribution in [0.15, 0.2) is 42.5 Å². The predicted octanol–water partition coefficient (Wildman–Crippen LogP) is 3.97. The van der Waals surface area contributed by atoms with Gasteiger partial charge in [-0.2, -0.15) is 0 Å². The van der Waals surface area contributed by atoms with Gasteiger partial charge in [-0.3, -0.25) is 9.69 Å². The number of hydrogen-bond donors (Lipinski definition) is 0. The monoisotopic (exact) mass is 431 g/mol. The molecule has 2 saturated heterocycles. The number of Topliss-reactive ketones (excluding diaryl/α,β-unsaturated/α-hetero) is 1. The van der Waals surface area contributed by atoms with Gasteiger partial charge in [0.2, 0.25) is 0 Å². The summed E-state index contributed by atoms with van der Waals surface area (Å²) in [5.74, 6) is -3.18. The van der Waals surface area contributed by atoms with E-state index in [0.29, 0.717) is 12.8 Å². The van der Waals surface area contributed by atoms with E-state index in [1.165, 1.54) is 0 Å². The molecule has 2 unspecified atom stereocenters. The van der Waals surface area contributed by atoms with E-state index in [1.54, 1.807) is 4.90 Å². The Morgan fingerprint density at radius 1 is 1.06 bits per heavy atom. The van der Waals surface area contributed by atoms with Crippen LogP contribution in [-0.2, 0) is 16.1 Å². The maximum absolute atomic E-state index is 14.1. The molecule has 2 aliphatic heterocycles. The molecule has 164 valence electrons. The molecule has 0 aromatic heterocycles. The topological polar surface area (TPSA) is 65.1 Å². The highest BCUT2D eigenvalue weighted by molar-refractivity contribution is 5.98. The largest absolute Gasteiger partial charge is 0.491 e. The number of nitrogens with zero attached hydrogens (tertiary/aromatic N) is 1. The third kappa shape index (κ3) is 4.39. The normalized spacial score (nSPS) is 22.7. The zero-order chi connectivity index (χ0) is 22.0. The molecular weight excluding hydrogens is 408 g/mol. The summed E-state index contributed by atoms with van der Waals surface area (Å²) >= 11 is 0. The number of hydrogen-bond acceptors (Lipinski definition) is 5. The van der Waals surface area contributed by atoms with E-state index in [9.17, 15) is 18.4 Å². The first-order chi connectivity index (χ1) is 15.0. The summed E-state index contributed by atoms with van der Waals surface area (Å²) in [6.07, 6.45) is 0.227. The number of morpholine rings is 1. The molecule has 6 nitrogen and oxygen atoms in total. The molecule has 2 aromatic rings. The highest BCUT2D eigenvalue weighted by Crippen LogP contribution is 2.35. The fourth-order valence-electron chi connectivity index (χ4n) is 4.35. The van der Waals surface area contributed by atoms with Crippen molar-refractivity contribution in [3.8, 4) is 5.75 Å². The summed E-state index contributed by atoms with van der Waals surface area (Å²) in [5, 5.41) is 0. The van der Waals surface area contributed by atoms with Crippen LogP contribution in [-0.4, -0.2) is 49.2 Å². The van der Waals surface area contributed by atoms with Crippen molar-refractivity contribution >= 4 is 11.9 Å². The minimum Gasteiger partial charge on any atom is -0.491 e. The Morgan fingerprint density at radius 3 is 2.26 bits per heavy atom. The average Bonchev–Trinajstić information content (AvgIpc) is 2.76. The van der Waals surface area contributed by atoms with Crippen molar-refractivity contribution in [2.75, 3.05) is 20.3 Å². The Balaban J connectivity index is 1.45. The van der Waals surface area contributed by atoms with Crippen LogP contribution in [0, 0.1) is 17.6 Å². The fourth-order valence-corrected chi connectivity index (χ4v) is 4.35. The van der Waals surface area contributed by atoms with Gasteiger partial charge in [0.25, 0.3) is 0 Å². The molecule has 31 heavy (non-hydrogen) atoms. The molecule has 0 radical (unpaired) electrons. The number of amides is 1. The molecule has 2 heterocycles. The third-order valence-corrected chi connectivity index (χ3v) is 5.79. The predicted molar refractivity (Wildman–Crippen MR) is 107 cm³/mol. The lowest BCUT2D eigenvalue weighted by molar-refractivity contribution is -0.0755. The second-order valence-corrected chi connectivity index (χ2v) is 7.80. The maximum Gasteiger partial charge on any atom is 0.410 e. The molecule has 0 aliphatic carbocycles. The van der Waals surface area contributed by atoms with Crippen LogP contribution >= 0.6 is 0 Å². The van der Waals surface area contributed by atoms with Crippen LogP contribution in [0.4, 0.5) is 13.6 Å². The number of ketones is 1. The summed E-state index contributed by atoms with van der Waals surface area (Å²) < 4.78 is 43.8. The second kappa shape index (κ2) is 9.01. The highest BCUT2D eigenvalue weighted by Gasteiger charge is 2.44. The number of methoxy groups -OCH3 is 1. The first-order valence-electron chi connectivity index (χ1n) is 10.1. The maximum atomic E-state index is 14.1. The first-order valence-corrected chi connectivity index (χ1v) is 10.1. The van der Waals surface area contributed by atoms with Gasteiger partial charge in [0, 0.05) is 11.5 Å². The highest BCUT2D eigenvalue weighted by atomic mass is 19.1. The minimum atomic E-state index is -0.920. The smallest absolute Gasteiger partial charge is 0.410 e. The number of piperidine rings is 1. The Morgan fingerprint density at radius 2 is 1.68 bits per heavy atom. The van der Waals surface area contributed by atoms with Crippen molar-refractivity contribution < 1.29 is 32.6 Å². The van der Waals surface area contributed by atoms with Crippen molar-refractivity contribution in [1.82, 2.24) is 4.90 Å². The van der Waals surface area contributed by atoms with E-state index < -0.39 is 29.4 Å². The number of halogens is 2. The molecular formula is C23H23F2NO5. The zero-order valence-corrected chi connectivity index (χ0v) is 17.1. The average molecular weight is 431 g/mol. The lowest BCUT2D eigenvalue weighted by Crippen LogP contribution is -2.59. The van der Waals surface area contributed by atoms with Gasteiger partial charge in [-0.15, -0.1) is 0 Å². The van der Waals surface area contributed by atoms with E-state index in [4.69, 9.17) is 9.47 Å². The van der Waals surface area contributed by atoms with Crippen LogP contribution in [0.2, 0.25) is 0 Å². The van der Waals surface area contributed by atoms with Gasteiger partial charge in [-0.1, -0.05) is 30.3 Å². The second-order valence-electron chi connectivity index (χ2n) is 7.80. The summed E-state index contributed by atoms with van der Waals surface area (Å²) in [6.45, 7) is 0.724. The van der Waals surface area contributed by atoms with E-state index in [-0.39, 0.29) is 43.3 Å². The molecule has 8 heteroatoms. The Labute approximate surface area is 178 Å². The fraction of sp³-hybridized carbons (Fsp3) is 0.391. The molecule has 2 aliphatic rings. The number of carbonyl (C=O) groups is 2. The Hall–Kier alpha value is -3.00. The van der Waals surface area contributed by atoms with E-state index >= 15 is 0 Å². The molecule has 0 spiro atoms. The molecule has 1 amide bonds. The van der Waals surface area contributed by atoms with Gasteiger partial charge in [-0.25, -0.2) is 13.6 Å². The van der Waals surface area contributed by atoms with Gasteiger partial charge in [0.05, 0.1) is 32.4 Å².